The van der Waals surface area contributed by atoms with Crippen LogP contribution in [0.5, 0.6) is 0 Å². The van der Waals surface area contributed by atoms with E-state index in [-0.39, 0.29) is 11.5 Å². The number of aryl methyl sites for hydroxylation is 1. The maximum Gasteiger partial charge on any atom is 0.262 e. The second-order valence-corrected chi connectivity index (χ2v) is 4.90. The summed E-state index contributed by atoms with van der Waals surface area (Å²) in [7, 11) is 1.57. The third-order valence-electron chi connectivity index (χ3n) is 3.32. The van der Waals surface area contributed by atoms with Gasteiger partial charge in [-0.3, -0.25) is 4.79 Å². The first-order valence-corrected chi connectivity index (χ1v) is 7.10. The largest absolute Gasteiger partial charge is 0.383 e. The molecular formula is C16H23N3O2. The molecule has 0 spiro atoms. The van der Waals surface area contributed by atoms with Crippen molar-refractivity contribution >= 4 is 12.0 Å². The van der Waals surface area contributed by atoms with E-state index in [2.05, 4.69) is 16.8 Å². The number of carbonyl (C=O) groups is 1. The zero-order valence-electron chi connectivity index (χ0n) is 13.2. The van der Waals surface area contributed by atoms with E-state index in [1.807, 2.05) is 26.0 Å². The predicted octanol–water partition coefficient (Wildman–Crippen LogP) is 2.18. The molecule has 1 aromatic rings. The number of nitrogens with one attached hydrogen (secondary N) is 1. The molecule has 0 aromatic carbocycles. The van der Waals surface area contributed by atoms with Gasteiger partial charge in [0, 0.05) is 31.6 Å². The van der Waals surface area contributed by atoms with Gasteiger partial charge in [0.2, 0.25) is 0 Å². The molecule has 1 amide bonds. The van der Waals surface area contributed by atoms with Crippen molar-refractivity contribution in [2.24, 2.45) is 0 Å². The molecule has 0 unspecified atom stereocenters. The maximum absolute atomic E-state index is 11.9. The van der Waals surface area contributed by atoms with Crippen molar-refractivity contribution in [3.05, 3.63) is 28.6 Å². The zero-order valence-corrected chi connectivity index (χ0v) is 13.2. The molecule has 5 nitrogen and oxygen atoms in total. The lowest BCUT2D eigenvalue weighted by molar-refractivity contribution is -0.117. The van der Waals surface area contributed by atoms with Crippen LogP contribution in [0.1, 0.15) is 30.3 Å². The van der Waals surface area contributed by atoms with Crippen molar-refractivity contribution < 1.29 is 9.53 Å². The van der Waals surface area contributed by atoms with E-state index < -0.39 is 0 Å². The Balaban J connectivity index is 2.96. The number of nitrogens with zero attached hydrogens (tertiary/aromatic N) is 2. The van der Waals surface area contributed by atoms with E-state index in [1.165, 1.54) is 0 Å². The van der Waals surface area contributed by atoms with Gasteiger partial charge >= 0.3 is 0 Å². The number of carbonyl (C=O) groups excluding carboxylic acids is 1. The van der Waals surface area contributed by atoms with Crippen molar-refractivity contribution in [2.45, 2.75) is 33.7 Å². The van der Waals surface area contributed by atoms with Gasteiger partial charge in [-0.2, -0.15) is 5.26 Å². The van der Waals surface area contributed by atoms with Gasteiger partial charge in [0.05, 0.1) is 6.61 Å². The summed E-state index contributed by atoms with van der Waals surface area (Å²) < 4.78 is 7.07. The molecule has 21 heavy (non-hydrogen) atoms. The van der Waals surface area contributed by atoms with Crippen LogP contribution < -0.4 is 5.32 Å². The summed E-state index contributed by atoms with van der Waals surface area (Å²) in [5.74, 6) is -0.366. The standard InChI is InChI=1S/C16H23N3O2/c1-5-7-19-12(2)9-14(13(19)3)10-15(11-17)16(20)18-6-8-21-4/h9-10H,5-8H2,1-4H3,(H,18,20)/b15-10-. The van der Waals surface area contributed by atoms with Gasteiger partial charge in [-0.05, 0) is 38.0 Å². The lowest BCUT2D eigenvalue weighted by Crippen LogP contribution is -2.27. The summed E-state index contributed by atoms with van der Waals surface area (Å²) >= 11 is 0. The summed E-state index contributed by atoms with van der Waals surface area (Å²) in [6.07, 6.45) is 2.69. The Morgan fingerprint density at radius 2 is 2.24 bits per heavy atom. The van der Waals surface area contributed by atoms with Gasteiger partial charge in [0.1, 0.15) is 11.6 Å². The molecule has 1 rings (SSSR count). The number of aromatic nitrogens is 1. The van der Waals surface area contributed by atoms with E-state index in [1.54, 1.807) is 13.2 Å². The van der Waals surface area contributed by atoms with E-state index >= 15 is 0 Å². The molecule has 0 saturated carbocycles. The molecule has 1 heterocycles. The number of rotatable bonds is 7. The molecule has 0 radical (unpaired) electrons. The summed E-state index contributed by atoms with van der Waals surface area (Å²) in [5.41, 5.74) is 3.24. The fraction of sp³-hybridized carbons (Fsp3) is 0.500. The van der Waals surface area contributed by atoms with Crippen LogP contribution in [-0.2, 0) is 16.1 Å². The fourth-order valence-electron chi connectivity index (χ4n) is 2.21. The highest BCUT2D eigenvalue weighted by Crippen LogP contribution is 2.18. The van der Waals surface area contributed by atoms with Gasteiger partial charge < -0.3 is 14.6 Å². The molecule has 0 bridgehead atoms. The normalized spacial score (nSPS) is 11.3. The Morgan fingerprint density at radius 1 is 1.52 bits per heavy atom. The summed E-state index contributed by atoms with van der Waals surface area (Å²) in [5, 5.41) is 11.8. The van der Waals surface area contributed by atoms with Crippen LogP contribution in [0.3, 0.4) is 0 Å². The first-order valence-electron chi connectivity index (χ1n) is 7.10. The van der Waals surface area contributed by atoms with Crippen molar-refractivity contribution in [3.8, 4) is 6.07 Å². The Kier molecular flexibility index (Phi) is 6.70. The van der Waals surface area contributed by atoms with Crippen LogP contribution in [0, 0.1) is 25.2 Å². The van der Waals surface area contributed by atoms with Gasteiger partial charge in [0.15, 0.2) is 0 Å². The molecular weight excluding hydrogens is 266 g/mol. The Bertz CT molecular complexity index is 565. The zero-order chi connectivity index (χ0) is 15.8. The van der Waals surface area contributed by atoms with E-state index in [0.29, 0.717) is 13.2 Å². The van der Waals surface area contributed by atoms with Crippen LogP contribution >= 0.6 is 0 Å². The van der Waals surface area contributed by atoms with Crippen LogP contribution in [0.4, 0.5) is 0 Å². The minimum Gasteiger partial charge on any atom is -0.383 e. The second-order valence-electron chi connectivity index (χ2n) is 4.90. The highest BCUT2D eigenvalue weighted by Gasteiger charge is 2.12. The van der Waals surface area contributed by atoms with Gasteiger partial charge in [0.25, 0.3) is 5.91 Å². The number of nitriles is 1. The Morgan fingerprint density at radius 3 is 2.81 bits per heavy atom. The number of hydrogen-bond donors (Lipinski definition) is 1. The van der Waals surface area contributed by atoms with E-state index in [0.717, 1.165) is 29.9 Å². The van der Waals surface area contributed by atoms with Crippen molar-refractivity contribution in [1.82, 2.24) is 9.88 Å². The second kappa shape index (κ2) is 8.28. The quantitative estimate of drug-likeness (QED) is 0.475. The smallest absolute Gasteiger partial charge is 0.262 e. The fourth-order valence-corrected chi connectivity index (χ4v) is 2.21. The van der Waals surface area contributed by atoms with Crippen LogP contribution in [0.2, 0.25) is 0 Å². The average Bonchev–Trinajstić information content (AvgIpc) is 2.72. The van der Waals surface area contributed by atoms with E-state index in [4.69, 9.17) is 10.00 Å². The number of ether oxygens (including phenoxy) is 1. The molecule has 1 N–H and O–H groups in total. The Hall–Kier alpha value is -2.06. The molecule has 0 aliphatic rings. The van der Waals surface area contributed by atoms with Crippen LogP contribution in [0.25, 0.3) is 6.08 Å². The van der Waals surface area contributed by atoms with Crippen LogP contribution in [0.15, 0.2) is 11.6 Å². The monoisotopic (exact) mass is 289 g/mol. The van der Waals surface area contributed by atoms with Gasteiger partial charge in [-0.25, -0.2) is 0 Å². The van der Waals surface area contributed by atoms with Gasteiger partial charge in [-0.1, -0.05) is 6.92 Å². The summed E-state index contributed by atoms with van der Waals surface area (Å²) in [6, 6.07) is 3.97. The number of amides is 1. The first kappa shape index (κ1) is 17.0. The molecule has 0 saturated heterocycles. The molecule has 1 aromatic heterocycles. The third-order valence-corrected chi connectivity index (χ3v) is 3.32. The van der Waals surface area contributed by atoms with Crippen molar-refractivity contribution in [3.63, 3.8) is 0 Å². The third kappa shape index (κ3) is 4.47. The first-order chi connectivity index (χ1) is 10.0. The number of methoxy groups -OCH3 is 1. The molecule has 5 heteroatoms. The molecule has 0 fully saturated rings. The highest BCUT2D eigenvalue weighted by atomic mass is 16.5. The maximum atomic E-state index is 11.9. The van der Waals surface area contributed by atoms with Crippen molar-refractivity contribution in [2.75, 3.05) is 20.3 Å². The molecule has 114 valence electrons. The molecule has 0 aliphatic carbocycles. The lowest BCUT2D eigenvalue weighted by atomic mass is 10.1. The van der Waals surface area contributed by atoms with Crippen molar-refractivity contribution in [1.29, 1.82) is 5.26 Å². The average molecular weight is 289 g/mol. The topological polar surface area (TPSA) is 67.0 Å². The van der Waals surface area contributed by atoms with Crippen LogP contribution in [-0.4, -0.2) is 30.7 Å². The molecule has 0 atom stereocenters. The van der Waals surface area contributed by atoms with E-state index in [9.17, 15) is 4.79 Å². The molecule has 0 aliphatic heterocycles. The summed E-state index contributed by atoms with van der Waals surface area (Å²) in [4.78, 5) is 11.9. The van der Waals surface area contributed by atoms with Gasteiger partial charge in [-0.15, -0.1) is 0 Å². The SMILES string of the molecule is CCCn1c(C)cc(/C=C(/C#N)C(=O)NCCOC)c1C. The minimum atomic E-state index is -0.366. The highest BCUT2D eigenvalue weighted by molar-refractivity contribution is 6.01. The lowest BCUT2D eigenvalue weighted by Gasteiger charge is -2.07. The Labute approximate surface area is 126 Å². The predicted molar refractivity (Wildman–Crippen MR) is 82.7 cm³/mol. The minimum absolute atomic E-state index is 0.114. The summed E-state index contributed by atoms with van der Waals surface area (Å²) in [6.45, 7) is 7.92. The number of hydrogen-bond acceptors (Lipinski definition) is 3.